The van der Waals surface area contributed by atoms with Crippen LogP contribution in [0.2, 0.25) is 0 Å². The van der Waals surface area contributed by atoms with E-state index in [1.807, 2.05) is 6.92 Å². The van der Waals surface area contributed by atoms with Crippen LogP contribution >= 0.6 is 0 Å². The lowest BCUT2D eigenvalue weighted by molar-refractivity contribution is -0.140. The number of carboxylic acid groups (broad SMARTS) is 1. The minimum atomic E-state index is -0.847. The second-order valence-corrected chi connectivity index (χ2v) is 5.13. The molecule has 0 spiro atoms. The van der Waals surface area contributed by atoms with E-state index in [1.54, 1.807) is 0 Å². The Kier molecular flexibility index (Phi) is 4.93. The standard InChI is InChI=1S/C12H22N2O3/c1-9(8-13)3-4-10(15)14-12(5-2-6-12)7-11(16)17/h9H,2-8,13H2,1H3,(H,14,15)(H,16,17). The third-order valence-electron chi connectivity index (χ3n) is 3.47. The first kappa shape index (κ1) is 14.0. The fourth-order valence-corrected chi connectivity index (χ4v) is 2.09. The van der Waals surface area contributed by atoms with Crippen LogP contribution in [0.1, 0.15) is 45.4 Å². The zero-order valence-corrected chi connectivity index (χ0v) is 10.4. The Hall–Kier alpha value is -1.10. The maximum Gasteiger partial charge on any atom is 0.305 e. The van der Waals surface area contributed by atoms with Crippen molar-refractivity contribution < 1.29 is 14.7 Å². The van der Waals surface area contributed by atoms with Crippen LogP contribution in [0.25, 0.3) is 0 Å². The third-order valence-corrected chi connectivity index (χ3v) is 3.47. The summed E-state index contributed by atoms with van der Waals surface area (Å²) in [5, 5.41) is 11.7. The van der Waals surface area contributed by atoms with Gasteiger partial charge in [-0.25, -0.2) is 0 Å². The Balaban J connectivity index is 2.35. The van der Waals surface area contributed by atoms with Gasteiger partial charge >= 0.3 is 5.97 Å². The number of carboxylic acids is 1. The number of hydrogen-bond acceptors (Lipinski definition) is 3. The molecule has 1 atom stereocenters. The maximum atomic E-state index is 11.7. The van der Waals surface area contributed by atoms with E-state index in [0.29, 0.717) is 18.9 Å². The summed E-state index contributed by atoms with van der Waals surface area (Å²) in [6.07, 6.45) is 3.76. The van der Waals surface area contributed by atoms with Crippen molar-refractivity contribution in [3.05, 3.63) is 0 Å². The van der Waals surface area contributed by atoms with Gasteiger partial charge in [-0.2, -0.15) is 0 Å². The van der Waals surface area contributed by atoms with Crippen molar-refractivity contribution in [3.63, 3.8) is 0 Å². The molecule has 1 aliphatic carbocycles. The molecule has 0 aromatic heterocycles. The van der Waals surface area contributed by atoms with Crippen molar-refractivity contribution in [2.45, 2.75) is 51.0 Å². The second-order valence-electron chi connectivity index (χ2n) is 5.13. The van der Waals surface area contributed by atoms with Crippen molar-refractivity contribution in [2.24, 2.45) is 11.7 Å². The van der Waals surface area contributed by atoms with Crippen LogP contribution in [0.15, 0.2) is 0 Å². The summed E-state index contributed by atoms with van der Waals surface area (Å²) in [5.41, 5.74) is 5.00. The van der Waals surface area contributed by atoms with Crippen LogP contribution in [0.4, 0.5) is 0 Å². The molecule has 17 heavy (non-hydrogen) atoms. The summed E-state index contributed by atoms with van der Waals surface area (Å²) in [4.78, 5) is 22.4. The molecule has 1 unspecified atom stereocenters. The van der Waals surface area contributed by atoms with Crippen LogP contribution in [0.5, 0.6) is 0 Å². The number of amides is 1. The van der Waals surface area contributed by atoms with Gasteiger partial charge in [0.05, 0.1) is 12.0 Å². The number of carbonyl (C=O) groups excluding carboxylic acids is 1. The van der Waals surface area contributed by atoms with Gasteiger partial charge in [-0.3, -0.25) is 9.59 Å². The van der Waals surface area contributed by atoms with Gasteiger partial charge in [-0.1, -0.05) is 6.92 Å². The predicted molar refractivity (Wildman–Crippen MR) is 64.4 cm³/mol. The fourth-order valence-electron chi connectivity index (χ4n) is 2.09. The summed E-state index contributed by atoms with van der Waals surface area (Å²) in [7, 11) is 0. The van der Waals surface area contributed by atoms with Crippen LogP contribution in [-0.2, 0) is 9.59 Å². The van der Waals surface area contributed by atoms with Crippen molar-refractivity contribution in [3.8, 4) is 0 Å². The van der Waals surface area contributed by atoms with Gasteiger partial charge in [0.25, 0.3) is 0 Å². The van der Waals surface area contributed by atoms with Gasteiger partial charge in [0.1, 0.15) is 0 Å². The lowest BCUT2D eigenvalue weighted by atomic mass is 9.74. The lowest BCUT2D eigenvalue weighted by Crippen LogP contribution is -2.54. The van der Waals surface area contributed by atoms with E-state index in [2.05, 4.69) is 5.32 Å². The highest BCUT2D eigenvalue weighted by Crippen LogP contribution is 2.35. The molecule has 5 nitrogen and oxygen atoms in total. The highest BCUT2D eigenvalue weighted by Gasteiger charge is 2.40. The number of carbonyl (C=O) groups is 2. The van der Waals surface area contributed by atoms with Gasteiger partial charge in [0.15, 0.2) is 0 Å². The molecule has 0 aliphatic heterocycles. The van der Waals surface area contributed by atoms with Gasteiger partial charge in [-0.05, 0) is 38.1 Å². The van der Waals surface area contributed by atoms with Gasteiger partial charge in [-0.15, -0.1) is 0 Å². The van der Waals surface area contributed by atoms with E-state index in [1.165, 1.54) is 0 Å². The normalized spacial score (nSPS) is 19.2. The number of aliphatic carboxylic acids is 1. The van der Waals surface area contributed by atoms with Crippen LogP contribution in [0.3, 0.4) is 0 Å². The minimum absolute atomic E-state index is 0.0329. The molecule has 1 fully saturated rings. The fraction of sp³-hybridized carbons (Fsp3) is 0.833. The van der Waals surface area contributed by atoms with Gasteiger partial charge < -0.3 is 16.2 Å². The molecule has 1 rings (SSSR count). The minimum Gasteiger partial charge on any atom is -0.481 e. The molecule has 0 bridgehead atoms. The maximum absolute atomic E-state index is 11.7. The second kappa shape index (κ2) is 6.00. The van der Waals surface area contributed by atoms with E-state index < -0.39 is 11.5 Å². The quantitative estimate of drug-likeness (QED) is 0.617. The first-order chi connectivity index (χ1) is 7.97. The summed E-state index contributed by atoms with van der Waals surface area (Å²) in [5.74, 6) is -0.566. The smallest absolute Gasteiger partial charge is 0.305 e. The van der Waals surface area contributed by atoms with Crippen molar-refractivity contribution in [1.29, 1.82) is 0 Å². The molecule has 1 amide bonds. The van der Waals surface area contributed by atoms with Gasteiger partial charge in [0.2, 0.25) is 5.91 Å². The number of rotatable bonds is 7. The van der Waals surface area contributed by atoms with Crippen molar-refractivity contribution in [1.82, 2.24) is 5.32 Å². The van der Waals surface area contributed by atoms with Crippen molar-refractivity contribution in [2.75, 3.05) is 6.54 Å². The molecule has 0 aromatic carbocycles. The summed E-state index contributed by atoms with van der Waals surface area (Å²) in [6.45, 7) is 2.58. The first-order valence-electron chi connectivity index (χ1n) is 6.20. The molecule has 0 heterocycles. The zero-order chi connectivity index (χ0) is 12.9. The monoisotopic (exact) mass is 242 g/mol. The van der Waals surface area contributed by atoms with E-state index in [-0.39, 0.29) is 12.3 Å². The molecule has 98 valence electrons. The average molecular weight is 242 g/mol. The number of hydrogen-bond donors (Lipinski definition) is 3. The summed E-state index contributed by atoms with van der Waals surface area (Å²) < 4.78 is 0. The van der Waals surface area contributed by atoms with E-state index >= 15 is 0 Å². The Morgan fingerprint density at radius 1 is 1.47 bits per heavy atom. The molecule has 1 saturated carbocycles. The number of nitrogens with two attached hydrogens (primary N) is 1. The Morgan fingerprint density at radius 3 is 2.53 bits per heavy atom. The van der Waals surface area contributed by atoms with Crippen molar-refractivity contribution >= 4 is 11.9 Å². The topological polar surface area (TPSA) is 92.4 Å². The van der Waals surface area contributed by atoms with Crippen LogP contribution < -0.4 is 11.1 Å². The lowest BCUT2D eigenvalue weighted by Gasteiger charge is -2.41. The average Bonchev–Trinajstić information content (AvgIpc) is 2.22. The van der Waals surface area contributed by atoms with E-state index in [0.717, 1.165) is 25.7 Å². The van der Waals surface area contributed by atoms with E-state index in [9.17, 15) is 9.59 Å². The molecule has 0 saturated heterocycles. The molecule has 1 aliphatic rings. The predicted octanol–water partition coefficient (Wildman–Crippen LogP) is 0.875. The largest absolute Gasteiger partial charge is 0.481 e. The SMILES string of the molecule is CC(CN)CCC(=O)NC1(CC(=O)O)CCC1. The molecule has 0 aromatic rings. The first-order valence-corrected chi connectivity index (χ1v) is 6.20. The highest BCUT2D eigenvalue weighted by atomic mass is 16.4. The Morgan fingerprint density at radius 2 is 2.12 bits per heavy atom. The third kappa shape index (κ3) is 4.34. The number of nitrogens with one attached hydrogen (secondary N) is 1. The molecular weight excluding hydrogens is 220 g/mol. The van der Waals surface area contributed by atoms with Crippen LogP contribution in [0, 0.1) is 5.92 Å². The highest BCUT2D eigenvalue weighted by molar-refractivity contribution is 5.78. The Labute approximate surface area is 102 Å². The van der Waals surface area contributed by atoms with Crippen LogP contribution in [-0.4, -0.2) is 29.1 Å². The zero-order valence-electron chi connectivity index (χ0n) is 10.4. The molecular formula is C12H22N2O3. The van der Waals surface area contributed by atoms with Gasteiger partial charge in [0, 0.05) is 6.42 Å². The van der Waals surface area contributed by atoms with E-state index in [4.69, 9.17) is 10.8 Å². The summed E-state index contributed by atoms with van der Waals surface area (Å²) >= 11 is 0. The summed E-state index contributed by atoms with van der Waals surface area (Å²) in [6, 6.07) is 0. The molecule has 4 N–H and O–H groups in total. The molecule has 0 radical (unpaired) electrons. The molecule has 5 heteroatoms. The Bertz CT molecular complexity index is 287.